The molecule has 0 saturated carbocycles. The lowest BCUT2D eigenvalue weighted by Crippen LogP contribution is -2.24. The quantitative estimate of drug-likeness (QED) is 0.876. The molecule has 0 aromatic heterocycles. The number of aliphatic hydroxyl groups is 1. The fourth-order valence-corrected chi connectivity index (χ4v) is 1.68. The first kappa shape index (κ1) is 13.8. The molecule has 0 aliphatic heterocycles. The second kappa shape index (κ2) is 5.66. The van der Waals surface area contributed by atoms with Gasteiger partial charge < -0.3 is 10.8 Å². The molecule has 1 rings (SSSR count). The van der Waals surface area contributed by atoms with Crippen molar-refractivity contribution in [3.63, 3.8) is 0 Å². The number of hydrogen-bond acceptors (Lipinski definition) is 2. The van der Waals surface area contributed by atoms with E-state index >= 15 is 0 Å². The van der Waals surface area contributed by atoms with Gasteiger partial charge >= 0.3 is 0 Å². The van der Waals surface area contributed by atoms with Gasteiger partial charge in [0.25, 0.3) is 0 Å². The van der Waals surface area contributed by atoms with E-state index in [1.54, 1.807) is 12.1 Å². The van der Waals surface area contributed by atoms with Gasteiger partial charge in [-0.25, -0.2) is 4.39 Å². The third-order valence-corrected chi connectivity index (χ3v) is 2.54. The Labute approximate surface area is 96.8 Å². The van der Waals surface area contributed by atoms with E-state index in [2.05, 4.69) is 15.9 Å². The molecule has 0 amide bonds. The van der Waals surface area contributed by atoms with E-state index in [0.717, 1.165) is 0 Å². The molecule has 3 N–H and O–H groups in total. The van der Waals surface area contributed by atoms with Gasteiger partial charge in [0.05, 0.1) is 12.1 Å². The molecule has 0 heterocycles. The maximum Gasteiger partial charge on any atom is 0.129 e. The molecular formula is C9H12BrClFNO. The SMILES string of the molecule is C[C@H](O)[C@H](N)c1c(F)cccc1Br.Cl. The van der Waals surface area contributed by atoms with E-state index in [1.165, 1.54) is 13.0 Å². The Kier molecular flexibility index (Phi) is 5.59. The zero-order valence-electron chi connectivity index (χ0n) is 7.58. The van der Waals surface area contributed by atoms with Gasteiger partial charge in [-0.05, 0) is 19.1 Å². The van der Waals surface area contributed by atoms with E-state index in [9.17, 15) is 9.50 Å². The number of hydrogen-bond donors (Lipinski definition) is 2. The minimum atomic E-state index is -0.770. The van der Waals surface area contributed by atoms with E-state index < -0.39 is 18.0 Å². The highest BCUT2D eigenvalue weighted by atomic mass is 79.9. The number of aliphatic hydroxyl groups excluding tert-OH is 1. The van der Waals surface area contributed by atoms with Crippen LogP contribution in [0.1, 0.15) is 18.5 Å². The summed E-state index contributed by atoms with van der Waals surface area (Å²) in [6.45, 7) is 1.53. The molecule has 0 spiro atoms. The molecule has 0 fully saturated rings. The zero-order chi connectivity index (χ0) is 10.0. The summed E-state index contributed by atoms with van der Waals surface area (Å²) in [5.74, 6) is -0.400. The Morgan fingerprint density at radius 1 is 1.50 bits per heavy atom. The van der Waals surface area contributed by atoms with Gasteiger partial charge in [-0.3, -0.25) is 0 Å². The Morgan fingerprint density at radius 2 is 2.07 bits per heavy atom. The van der Waals surface area contributed by atoms with Crippen LogP contribution < -0.4 is 5.73 Å². The maximum absolute atomic E-state index is 13.2. The van der Waals surface area contributed by atoms with Crippen LogP contribution in [0.2, 0.25) is 0 Å². The monoisotopic (exact) mass is 283 g/mol. The van der Waals surface area contributed by atoms with Crippen LogP contribution in [0.4, 0.5) is 4.39 Å². The fourth-order valence-electron chi connectivity index (χ4n) is 1.07. The molecule has 1 aromatic carbocycles. The van der Waals surface area contributed by atoms with Crippen molar-refractivity contribution < 1.29 is 9.50 Å². The minimum Gasteiger partial charge on any atom is -0.391 e. The lowest BCUT2D eigenvalue weighted by molar-refractivity contribution is 0.162. The topological polar surface area (TPSA) is 46.2 Å². The first-order valence-electron chi connectivity index (χ1n) is 3.91. The molecule has 1 aromatic rings. The first-order chi connectivity index (χ1) is 6.04. The summed E-state index contributed by atoms with van der Waals surface area (Å²) in [4.78, 5) is 0. The summed E-state index contributed by atoms with van der Waals surface area (Å²) in [5, 5.41) is 9.21. The van der Waals surface area contributed by atoms with Crippen LogP contribution in [0.25, 0.3) is 0 Å². The van der Waals surface area contributed by atoms with Crippen LogP contribution in [0.5, 0.6) is 0 Å². The van der Waals surface area contributed by atoms with Gasteiger partial charge in [0.1, 0.15) is 5.82 Å². The van der Waals surface area contributed by atoms with Gasteiger partial charge in [0.2, 0.25) is 0 Å². The first-order valence-corrected chi connectivity index (χ1v) is 4.71. The predicted octanol–water partition coefficient (Wildman–Crippen LogP) is 2.39. The molecule has 0 unspecified atom stereocenters. The van der Waals surface area contributed by atoms with Crippen LogP contribution in [0, 0.1) is 5.82 Å². The van der Waals surface area contributed by atoms with Crippen molar-refractivity contribution in [3.05, 3.63) is 34.1 Å². The van der Waals surface area contributed by atoms with Crippen molar-refractivity contribution >= 4 is 28.3 Å². The summed E-state index contributed by atoms with van der Waals surface area (Å²) < 4.78 is 13.8. The zero-order valence-corrected chi connectivity index (χ0v) is 9.98. The average Bonchev–Trinajstić information content (AvgIpc) is 2.03. The van der Waals surface area contributed by atoms with Gasteiger partial charge in [-0.15, -0.1) is 12.4 Å². The summed E-state index contributed by atoms with van der Waals surface area (Å²) in [7, 11) is 0. The third-order valence-electron chi connectivity index (χ3n) is 1.85. The Bertz CT molecular complexity index is 289. The molecule has 0 aliphatic carbocycles. The van der Waals surface area contributed by atoms with Crippen molar-refractivity contribution in [3.8, 4) is 0 Å². The minimum absolute atomic E-state index is 0. The van der Waals surface area contributed by atoms with Crippen LogP contribution in [-0.4, -0.2) is 11.2 Å². The molecule has 14 heavy (non-hydrogen) atoms. The number of nitrogens with two attached hydrogens (primary N) is 1. The Morgan fingerprint density at radius 3 is 2.50 bits per heavy atom. The lowest BCUT2D eigenvalue weighted by Gasteiger charge is -2.17. The third kappa shape index (κ3) is 2.92. The molecule has 2 nitrogen and oxygen atoms in total. The number of halogens is 3. The summed E-state index contributed by atoms with van der Waals surface area (Å²) in [5.41, 5.74) is 5.94. The molecular weight excluding hydrogens is 272 g/mol. The summed E-state index contributed by atoms with van der Waals surface area (Å²) in [6, 6.07) is 3.90. The van der Waals surface area contributed by atoms with E-state index in [4.69, 9.17) is 5.73 Å². The Hall–Kier alpha value is -0.160. The maximum atomic E-state index is 13.2. The van der Waals surface area contributed by atoms with Gasteiger partial charge in [-0.2, -0.15) is 0 Å². The van der Waals surface area contributed by atoms with Crippen molar-refractivity contribution in [1.82, 2.24) is 0 Å². The van der Waals surface area contributed by atoms with Crippen molar-refractivity contribution in [1.29, 1.82) is 0 Å². The normalized spacial score (nSPS) is 14.4. The highest BCUT2D eigenvalue weighted by Crippen LogP contribution is 2.26. The average molecular weight is 285 g/mol. The number of benzene rings is 1. The second-order valence-corrected chi connectivity index (χ2v) is 3.76. The molecule has 2 atom stereocenters. The van der Waals surface area contributed by atoms with Crippen LogP contribution >= 0.6 is 28.3 Å². The fraction of sp³-hybridized carbons (Fsp3) is 0.333. The standard InChI is InChI=1S/C9H11BrFNO.ClH/c1-5(13)9(12)8-6(10)3-2-4-7(8)11;/h2-5,9,13H,12H2,1H3;1H/t5-,9-;/m0./s1. The predicted molar refractivity (Wildman–Crippen MR) is 60.0 cm³/mol. The molecule has 0 bridgehead atoms. The molecule has 5 heteroatoms. The van der Waals surface area contributed by atoms with Crippen LogP contribution in [0.3, 0.4) is 0 Å². The second-order valence-electron chi connectivity index (χ2n) is 2.90. The molecule has 0 aliphatic rings. The highest BCUT2D eigenvalue weighted by molar-refractivity contribution is 9.10. The molecule has 0 radical (unpaired) electrons. The smallest absolute Gasteiger partial charge is 0.129 e. The number of rotatable bonds is 2. The summed E-state index contributed by atoms with van der Waals surface area (Å²) in [6.07, 6.45) is -0.770. The Balaban J connectivity index is 0.00000169. The van der Waals surface area contributed by atoms with Crippen LogP contribution in [-0.2, 0) is 0 Å². The largest absolute Gasteiger partial charge is 0.391 e. The van der Waals surface area contributed by atoms with E-state index in [0.29, 0.717) is 10.0 Å². The van der Waals surface area contributed by atoms with E-state index in [1.807, 2.05) is 0 Å². The van der Waals surface area contributed by atoms with Crippen LogP contribution in [0.15, 0.2) is 22.7 Å². The van der Waals surface area contributed by atoms with E-state index in [-0.39, 0.29) is 12.4 Å². The van der Waals surface area contributed by atoms with Gasteiger partial charge in [0, 0.05) is 10.0 Å². The van der Waals surface area contributed by atoms with Crippen molar-refractivity contribution in [2.45, 2.75) is 19.1 Å². The lowest BCUT2D eigenvalue weighted by atomic mass is 10.0. The molecule has 80 valence electrons. The van der Waals surface area contributed by atoms with Gasteiger partial charge in [-0.1, -0.05) is 22.0 Å². The van der Waals surface area contributed by atoms with Crippen molar-refractivity contribution in [2.24, 2.45) is 5.73 Å². The van der Waals surface area contributed by atoms with Gasteiger partial charge in [0.15, 0.2) is 0 Å². The van der Waals surface area contributed by atoms with Crippen molar-refractivity contribution in [2.75, 3.05) is 0 Å². The highest BCUT2D eigenvalue weighted by Gasteiger charge is 2.18. The molecule has 0 saturated heterocycles. The summed E-state index contributed by atoms with van der Waals surface area (Å²) >= 11 is 3.18.